The lowest BCUT2D eigenvalue weighted by Crippen LogP contribution is -2.23. The summed E-state index contributed by atoms with van der Waals surface area (Å²) in [5.74, 6) is -0.333. The molecule has 0 aromatic carbocycles. The molecular formula is C11H11N5O2. The largest absolute Gasteiger partial charge is 0.365 e. The fraction of sp³-hybridized carbons (Fsp3) is 0.0909. The van der Waals surface area contributed by atoms with Crippen LogP contribution in [0.1, 0.15) is 10.4 Å². The summed E-state index contributed by atoms with van der Waals surface area (Å²) >= 11 is 0. The maximum Gasteiger partial charge on any atom is 0.260 e. The first-order valence-electron chi connectivity index (χ1n) is 5.15. The van der Waals surface area contributed by atoms with E-state index in [1.165, 1.54) is 12.3 Å². The van der Waals surface area contributed by atoms with Crippen LogP contribution in [0.5, 0.6) is 0 Å². The molecule has 2 heterocycles. The minimum absolute atomic E-state index is 0.0999. The van der Waals surface area contributed by atoms with E-state index in [1.807, 2.05) is 0 Å². The number of primary amides is 1. The van der Waals surface area contributed by atoms with E-state index in [4.69, 9.17) is 5.73 Å². The van der Waals surface area contributed by atoms with E-state index >= 15 is 0 Å². The summed E-state index contributed by atoms with van der Waals surface area (Å²) < 4.78 is 0. The van der Waals surface area contributed by atoms with Gasteiger partial charge in [0.15, 0.2) is 0 Å². The topological polar surface area (TPSA) is 114 Å². The van der Waals surface area contributed by atoms with Gasteiger partial charge >= 0.3 is 0 Å². The van der Waals surface area contributed by atoms with Gasteiger partial charge in [-0.05, 0) is 12.1 Å². The van der Waals surface area contributed by atoms with Crippen molar-refractivity contribution in [3.8, 4) is 11.3 Å². The number of nitrogens with two attached hydrogens (primary N) is 1. The van der Waals surface area contributed by atoms with Crippen LogP contribution in [0.25, 0.3) is 11.3 Å². The highest BCUT2D eigenvalue weighted by atomic mass is 16.2. The van der Waals surface area contributed by atoms with Crippen LogP contribution < -0.4 is 16.6 Å². The van der Waals surface area contributed by atoms with E-state index in [-0.39, 0.29) is 5.56 Å². The van der Waals surface area contributed by atoms with Gasteiger partial charge in [-0.1, -0.05) is 0 Å². The fourth-order valence-corrected chi connectivity index (χ4v) is 1.45. The Morgan fingerprint density at radius 1 is 1.50 bits per heavy atom. The van der Waals surface area contributed by atoms with Crippen molar-refractivity contribution in [2.24, 2.45) is 5.73 Å². The Morgan fingerprint density at radius 3 is 2.94 bits per heavy atom. The average molecular weight is 245 g/mol. The molecule has 0 fully saturated rings. The second kappa shape index (κ2) is 4.66. The van der Waals surface area contributed by atoms with E-state index in [0.29, 0.717) is 17.2 Å². The van der Waals surface area contributed by atoms with Gasteiger partial charge in [0.1, 0.15) is 5.56 Å². The number of pyridine rings is 1. The van der Waals surface area contributed by atoms with E-state index in [2.05, 4.69) is 20.3 Å². The number of nitrogens with zero attached hydrogens (tertiary/aromatic N) is 2. The van der Waals surface area contributed by atoms with Crippen LogP contribution in [0.2, 0.25) is 0 Å². The number of H-pyrrole nitrogens is 1. The molecule has 0 unspecified atom stereocenters. The highest BCUT2D eigenvalue weighted by Gasteiger charge is 2.09. The highest BCUT2D eigenvalue weighted by molar-refractivity contribution is 5.93. The van der Waals surface area contributed by atoms with Gasteiger partial charge in [0.25, 0.3) is 11.5 Å². The number of nitrogens with one attached hydrogen (secondary N) is 2. The average Bonchev–Trinajstić information content (AvgIpc) is 2.39. The molecule has 4 N–H and O–H groups in total. The van der Waals surface area contributed by atoms with Crippen LogP contribution in [0, 0.1) is 0 Å². The van der Waals surface area contributed by atoms with Gasteiger partial charge in [-0.15, -0.1) is 0 Å². The summed E-state index contributed by atoms with van der Waals surface area (Å²) in [7, 11) is 1.70. The predicted molar refractivity (Wildman–Crippen MR) is 66.2 cm³/mol. The van der Waals surface area contributed by atoms with Crippen LogP contribution in [-0.4, -0.2) is 27.9 Å². The Kier molecular flexibility index (Phi) is 3.05. The maximum absolute atomic E-state index is 11.4. The first-order chi connectivity index (χ1) is 8.61. The van der Waals surface area contributed by atoms with Gasteiger partial charge in [0, 0.05) is 25.0 Å². The van der Waals surface area contributed by atoms with Crippen molar-refractivity contribution in [3.05, 3.63) is 40.4 Å². The molecule has 0 bridgehead atoms. The zero-order valence-electron chi connectivity index (χ0n) is 9.60. The van der Waals surface area contributed by atoms with Crippen molar-refractivity contribution >= 4 is 11.9 Å². The summed E-state index contributed by atoms with van der Waals surface area (Å²) in [5, 5.41) is 2.80. The molecular weight excluding hydrogens is 234 g/mol. The van der Waals surface area contributed by atoms with E-state index < -0.39 is 11.5 Å². The van der Waals surface area contributed by atoms with Gasteiger partial charge in [0.05, 0.1) is 5.69 Å². The molecule has 2 rings (SSSR count). The number of hydrogen-bond acceptors (Lipinski definition) is 5. The molecule has 0 atom stereocenters. The summed E-state index contributed by atoms with van der Waals surface area (Å²) in [4.78, 5) is 33.1. The SMILES string of the molecule is CNc1nccc(-c2c[nH]c(=O)c(C(N)=O)c2)n1. The van der Waals surface area contributed by atoms with Gasteiger partial charge < -0.3 is 16.0 Å². The van der Waals surface area contributed by atoms with Crippen molar-refractivity contribution in [2.75, 3.05) is 12.4 Å². The minimum atomic E-state index is -0.777. The van der Waals surface area contributed by atoms with Crippen LogP contribution >= 0.6 is 0 Å². The third-order valence-electron chi connectivity index (χ3n) is 2.34. The number of aromatic amines is 1. The lowest BCUT2D eigenvalue weighted by Gasteiger charge is -2.04. The number of anilines is 1. The Hall–Kier alpha value is -2.70. The van der Waals surface area contributed by atoms with Crippen molar-refractivity contribution in [1.29, 1.82) is 0 Å². The number of carbonyl (C=O) groups is 1. The Morgan fingerprint density at radius 2 is 2.28 bits per heavy atom. The molecule has 7 nitrogen and oxygen atoms in total. The molecule has 0 spiro atoms. The molecule has 0 radical (unpaired) electrons. The third-order valence-corrected chi connectivity index (χ3v) is 2.34. The summed E-state index contributed by atoms with van der Waals surface area (Å²) in [5.41, 5.74) is 5.66. The number of amides is 1. The highest BCUT2D eigenvalue weighted by Crippen LogP contribution is 2.16. The number of aromatic nitrogens is 3. The standard InChI is InChI=1S/C11H11N5O2/c1-13-11-14-3-2-8(16-11)6-4-7(9(12)17)10(18)15-5-6/h2-5H,1H3,(H2,12,17)(H,15,18)(H,13,14,16). The molecule has 2 aromatic rings. The molecule has 0 aliphatic heterocycles. The maximum atomic E-state index is 11.4. The molecule has 18 heavy (non-hydrogen) atoms. The Balaban J connectivity index is 2.54. The molecule has 0 saturated carbocycles. The lowest BCUT2D eigenvalue weighted by molar-refractivity contribution is 0.0999. The van der Waals surface area contributed by atoms with Crippen molar-refractivity contribution in [3.63, 3.8) is 0 Å². The van der Waals surface area contributed by atoms with Crippen LogP contribution in [-0.2, 0) is 0 Å². The van der Waals surface area contributed by atoms with E-state index in [9.17, 15) is 9.59 Å². The second-order valence-electron chi connectivity index (χ2n) is 3.51. The molecule has 7 heteroatoms. The molecule has 92 valence electrons. The molecule has 2 aromatic heterocycles. The van der Waals surface area contributed by atoms with Crippen LogP contribution in [0.3, 0.4) is 0 Å². The first kappa shape index (κ1) is 11.8. The lowest BCUT2D eigenvalue weighted by atomic mass is 10.1. The number of carbonyl (C=O) groups excluding carboxylic acids is 1. The van der Waals surface area contributed by atoms with E-state index in [0.717, 1.165) is 0 Å². The predicted octanol–water partition coefficient (Wildman–Crippen LogP) is -0.0275. The van der Waals surface area contributed by atoms with Gasteiger partial charge in [-0.3, -0.25) is 9.59 Å². The number of rotatable bonds is 3. The zero-order valence-corrected chi connectivity index (χ0v) is 9.60. The van der Waals surface area contributed by atoms with Crippen molar-refractivity contribution in [1.82, 2.24) is 15.0 Å². The molecule has 1 amide bonds. The van der Waals surface area contributed by atoms with Crippen molar-refractivity contribution in [2.45, 2.75) is 0 Å². The Bertz CT molecular complexity index is 650. The minimum Gasteiger partial charge on any atom is -0.365 e. The fourth-order valence-electron chi connectivity index (χ4n) is 1.45. The van der Waals surface area contributed by atoms with Crippen molar-refractivity contribution < 1.29 is 4.79 Å². The van der Waals surface area contributed by atoms with Crippen LogP contribution in [0.15, 0.2) is 29.3 Å². The van der Waals surface area contributed by atoms with E-state index in [1.54, 1.807) is 19.3 Å². The van der Waals surface area contributed by atoms with Gasteiger partial charge in [-0.25, -0.2) is 9.97 Å². The summed E-state index contributed by atoms with van der Waals surface area (Å²) in [6.07, 6.45) is 3.04. The second-order valence-corrected chi connectivity index (χ2v) is 3.51. The monoisotopic (exact) mass is 245 g/mol. The zero-order chi connectivity index (χ0) is 13.1. The molecule has 0 saturated heterocycles. The molecule has 0 aliphatic rings. The first-order valence-corrected chi connectivity index (χ1v) is 5.15. The third kappa shape index (κ3) is 2.19. The number of hydrogen-bond donors (Lipinski definition) is 3. The molecule has 0 aliphatic carbocycles. The Labute approximate surface area is 102 Å². The van der Waals surface area contributed by atoms with Gasteiger partial charge in [-0.2, -0.15) is 0 Å². The normalized spacial score (nSPS) is 10.1. The summed E-state index contributed by atoms with van der Waals surface area (Å²) in [6.45, 7) is 0. The summed E-state index contributed by atoms with van der Waals surface area (Å²) in [6, 6.07) is 3.07. The van der Waals surface area contributed by atoms with Crippen LogP contribution in [0.4, 0.5) is 5.95 Å². The van der Waals surface area contributed by atoms with Gasteiger partial charge in [0.2, 0.25) is 5.95 Å². The smallest absolute Gasteiger partial charge is 0.260 e. The quantitative estimate of drug-likeness (QED) is 0.702.